The molecule has 4 nitrogen and oxygen atoms in total. The Balaban J connectivity index is 2.27. The van der Waals surface area contributed by atoms with Gasteiger partial charge in [0.1, 0.15) is 18.7 Å². The molecule has 0 amide bonds. The smallest absolute Gasteiger partial charge is 0.105 e. The molecule has 0 unspecified atom stereocenters. The molecule has 1 fully saturated rings. The van der Waals surface area contributed by atoms with Crippen molar-refractivity contribution in [3.63, 3.8) is 0 Å². The lowest BCUT2D eigenvalue weighted by molar-refractivity contribution is 0.763. The third kappa shape index (κ3) is 2.59. The molecule has 2 rings (SSSR count). The molecule has 1 aliphatic rings. The number of hydrogen-bond donors (Lipinski definition) is 0. The Kier molecular flexibility index (Phi) is 3.46. The van der Waals surface area contributed by atoms with E-state index in [1.165, 1.54) is 12.8 Å². The first-order valence-corrected chi connectivity index (χ1v) is 5.84. The Hall–Kier alpha value is -2.51. The molecular weight excluding hydrogens is 224 g/mol. The van der Waals surface area contributed by atoms with Crippen LogP contribution in [0.25, 0.3) is 0 Å². The number of nitriles is 3. The quantitative estimate of drug-likeness (QED) is 0.751. The predicted molar refractivity (Wildman–Crippen MR) is 66.4 cm³/mol. The first-order valence-electron chi connectivity index (χ1n) is 5.84. The molecule has 1 aromatic rings. The number of nitrogens with zero attached hydrogens (tertiary/aromatic N) is 4. The number of hydrogen-bond acceptors (Lipinski definition) is 4. The zero-order chi connectivity index (χ0) is 13.0. The molecule has 0 aliphatic heterocycles. The third-order valence-electron chi connectivity index (χ3n) is 3.05. The Morgan fingerprint density at radius 3 is 2.39 bits per heavy atom. The maximum Gasteiger partial charge on any atom is 0.105 e. The van der Waals surface area contributed by atoms with Crippen LogP contribution in [0.2, 0.25) is 0 Å². The summed E-state index contributed by atoms with van der Waals surface area (Å²) in [4.78, 5) is 1.97. The summed E-state index contributed by atoms with van der Waals surface area (Å²) < 4.78 is 0. The predicted octanol–water partition coefficient (Wildman–Crippen LogP) is 2.17. The summed E-state index contributed by atoms with van der Waals surface area (Å²) in [5.74, 6) is 0.666. The minimum atomic E-state index is 0.313. The van der Waals surface area contributed by atoms with Gasteiger partial charge in [0, 0.05) is 12.2 Å². The molecule has 1 aliphatic carbocycles. The molecule has 18 heavy (non-hydrogen) atoms. The lowest BCUT2D eigenvalue weighted by Crippen LogP contribution is -2.26. The van der Waals surface area contributed by atoms with E-state index in [0.717, 1.165) is 12.2 Å². The van der Waals surface area contributed by atoms with Crippen molar-refractivity contribution in [2.75, 3.05) is 18.0 Å². The molecule has 0 aromatic heterocycles. The van der Waals surface area contributed by atoms with Gasteiger partial charge in [-0.15, -0.1) is 0 Å². The Bertz CT molecular complexity index is 567. The fourth-order valence-electron chi connectivity index (χ4n) is 1.88. The molecule has 0 spiro atoms. The van der Waals surface area contributed by atoms with Crippen molar-refractivity contribution in [2.24, 2.45) is 5.92 Å². The van der Waals surface area contributed by atoms with Crippen molar-refractivity contribution in [1.29, 1.82) is 15.8 Å². The highest BCUT2D eigenvalue weighted by Crippen LogP contribution is 2.31. The summed E-state index contributed by atoms with van der Waals surface area (Å²) >= 11 is 0. The van der Waals surface area contributed by atoms with Gasteiger partial charge in [-0.1, -0.05) is 0 Å². The SMILES string of the molecule is N#CCN(CC1CC1)c1ccc(C#N)c(C#N)c1. The average molecular weight is 236 g/mol. The van der Waals surface area contributed by atoms with E-state index < -0.39 is 0 Å². The summed E-state index contributed by atoms with van der Waals surface area (Å²) in [6, 6.07) is 11.3. The van der Waals surface area contributed by atoms with E-state index in [1.54, 1.807) is 18.2 Å². The number of benzene rings is 1. The molecule has 0 heterocycles. The number of anilines is 1. The highest BCUT2D eigenvalue weighted by molar-refractivity contribution is 5.58. The van der Waals surface area contributed by atoms with Gasteiger partial charge in [0.05, 0.1) is 17.2 Å². The van der Waals surface area contributed by atoms with Gasteiger partial charge in [-0.05, 0) is 37.0 Å². The van der Waals surface area contributed by atoms with Crippen molar-refractivity contribution in [3.8, 4) is 18.2 Å². The van der Waals surface area contributed by atoms with Gasteiger partial charge in [-0.2, -0.15) is 15.8 Å². The molecular formula is C14H12N4. The Morgan fingerprint density at radius 2 is 1.83 bits per heavy atom. The third-order valence-corrected chi connectivity index (χ3v) is 3.05. The fraction of sp³-hybridized carbons (Fsp3) is 0.357. The van der Waals surface area contributed by atoms with Crippen LogP contribution in [0.3, 0.4) is 0 Å². The summed E-state index contributed by atoms with van der Waals surface area (Å²) in [5.41, 5.74) is 1.59. The molecule has 0 bridgehead atoms. The van der Waals surface area contributed by atoms with Crippen molar-refractivity contribution >= 4 is 5.69 Å². The van der Waals surface area contributed by atoms with Crippen LogP contribution < -0.4 is 4.90 Å². The largest absolute Gasteiger partial charge is 0.358 e. The van der Waals surface area contributed by atoms with Gasteiger partial charge in [0.2, 0.25) is 0 Å². The van der Waals surface area contributed by atoms with E-state index >= 15 is 0 Å². The lowest BCUT2D eigenvalue weighted by atomic mass is 10.1. The maximum atomic E-state index is 9.00. The Labute approximate surface area is 106 Å². The summed E-state index contributed by atoms with van der Waals surface area (Å²) in [6.45, 7) is 1.16. The van der Waals surface area contributed by atoms with E-state index in [2.05, 4.69) is 6.07 Å². The van der Waals surface area contributed by atoms with Gasteiger partial charge in [0.15, 0.2) is 0 Å². The molecule has 88 valence electrons. The number of rotatable bonds is 4. The first-order chi connectivity index (χ1) is 8.78. The first kappa shape index (κ1) is 12.0. The van der Waals surface area contributed by atoms with E-state index in [1.807, 2.05) is 17.0 Å². The minimum absolute atomic E-state index is 0.313. The van der Waals surface area contributed by atoms with Crippen molar-refractivity contribution in [1.82, 2.24) is 0 Å². The van der Waals surface area contributed by atoms with Crippen molar-refractivity contribution in [2.45, 2.75) is 12.8 Å². The second-order valence-corrected chi connectivity index (χ2v) is 4.44. The fourth-order valence-corrected chi connectivity index (χ4v) is 1.88. The van der Waals surface area contributed by atoms with E-state index in [0.29, 0.717) is 23.6 Å². The van der Waals surface area contributed by atoms with Gasteiger partial charge < -0.3 is 4.90 Å². The van der Waals surface area contributed by atoms with Crippen molar-refractivity contribution < 1.29 is 0 Å². The molecule has 1 aromatic carbocycles. The summed E-state index contributed by atoms with van der Waals surface area (Å²) in [5, 5.41) is 26.7. The monoisotopic (exact) mass is 236 g/mol. The zero-order valence-corrected chi connectivity index (χ0v) is 9.93. The van der Waals surface area contributed by atoms with Crippen LogP contribution in [0.15, 0.2) is 18.2 Å². The Morgan fingerprint density at radius 1 is 1.11 bits per heavy atom. The molecule has 0 atom stereocenters. The second-order valence-electron chi connectivity index (χ2n) is 4.44. The van der Waals surface area contributed by atoms with E-state index in [4.69, 9.17) is 15.8 Å². The standard InChI is InChI=1S/C14H12N4/c15-5-6-18(10-11-1-2-11)14-4-3-12(8-16)13(7-14)9-17/h3-4,7,11H,1-2,6,10H2. The minimum Gasteiger partial charge on any atom is -0.358 e. The topological polar surface area (TPSA) is 74.6 Å². The van der Waals surface area contributed by atoms with Crippen LogP contribution in [0.1, 0.15) is 24.0 Å². The van der Waals surface area contributed by atoms with Crippen LogP contribution in [-0.2, 0) is 0 Å². The molecule has 0 saturated heterocycles. The van der Waals surface area contributed by atoms with E-state index in [-0.39, 0.29) is 0 Å². The molecule has 0 radical (unpaired) electrons. The average Bonchev–Trinajstić information content (AvgIpc) is 3.21. The van der Waals surface area contributed by atoms with Gasteiger partial charge in [0.25, 0.3) is 0 Å². The normalized spacial score (nSPS) is 13.2. The highest BCUT2D eigenvalue weighted by Gasteiger charge is 2.24. The second kappa shape index (κ2) is 5.21. The lowest BCUT2D eigenvalue weighted by Gasteiger charge is -2.21. The summed E-state index contributed by atoms with van der Waals surface area (Å²) in [7, 11) is 0. The van der Waals surface area contributed by atoms with Crippen molar-refractivity contribution in [3.05, 3.63) is 29.3 Å². The maximum absolute atomic E-state index is 9.00. The molecule has 4 heteroatoms. The zero-order valence-electron chi connectivity index (χ0n) is 9.93. The van der Waals surface area contributed by atoms with Crippen LogP contribution >= 0.6 is 0 Å². The van der Waals surface area contributed by atoms with Gasteiger partial charge >= 0.3 is 0 Å². The van der Waals surface area contributed by atoms with Crippen LogP contribution in [0.4, 0.5) is 5.69 Å². The molecule has 0 N–H and O–H groups in total. The highest BCUT2D eigenvalue weighted by atomic mass is 15.1. The van der Waals surface area contributed by atoms with Crippen LogP contribution in [0.5, 0.6) is 0 Å². The molecule has 1 saturated carbocycles. The van der Waals surface area contributed by atoms with Crippen LogP contribution in [0, 0.1) is 39.9 Å². The van der Waals surface area contributed by atoms with Gasteiger partial charge in [-0.25, -0.2) is 0 Å². The van der Waals surface area contributed by atoms with Crippen LogP contribution in [-0.4, -0.2) is 13.1 Å². The summed E-state index contributed by atoms with van der Waals surface area (Å²) in [6.07, 6.45) is 2.42. The van der Waals surface area contributed by atoms with E-state index in [9.17, 15) is 0 Å². The van der Waals surface area contributed by atoms with Gasteiger partial charge in [-0.3, -0.25) is 0 Å².